The van der Waals surface area contributed by atoms with E-state index in [4.69, 9.17) is 8.19 Å². The van der Waals surface area contributed by atoms with E-state index in [0.717, 1.165) is 0 Å². The molecule has 4 heavy (non-hydrogen) atoms. The van der Waals surface area contributed by atoms with Gasteiger partial charge in [-0.25, -0.2) is 0 Å². The first kappa shape index (κ1) is 4.48. The van der Waals surface area contributed by atoms with Crippen LogP contribution in [0.25, 0.3) is 0 Å². The summed E-state index contributed by atoms with van der Waals surface area (Å²) in [6.07, 6.45) is 0. The molecule has 26 valence electrons. The van der Waals surface area contributed by atoms with Crippen LogP contribution in [0.2, 0.25) is 5.71 Å². The summed E-state index contributed by atoms with van der Waals surface area (Å²) < 4.78 is 18.2. The van der Waals surface area contributed by atoms with Gasteiger partial charge in [0, 0.05) is 0 Å². The molecule has 0 aromatic rings. The summed E-state index contributed by atoms with van der Waals surface area (Å²) in [6, 6.07) is 0. The standard InChI is InChI=1S/CH3AsO2/c1-2(3)4/h1H3/q-2. The Balaban J connectivity index is 2.32. The average Bonchev–Trinajstić information content (AvgIpc) is 0.811. The summed E-state index contributed by atoms with van der Waals surface area (Å²) in [7, 11) is 0. The van der Waals surface area contributed by atoms with Crippen LogP contribution >= 0.6 is 0 Å². The third-order valence-electron chi connectivity index (χ3n) is 0. The van der Waals surface area contributed by atoms with Crippen molar-refractivity contribution in [1.82, 2.24) is 0 Å². The first-order chi connectivity index (χ1) is 1.73. The molecule has 0 unspecified atom stereocenters. The van der Waals surface area contributed by atoms with Crippen molar-refractivity contribution in [2.45, 2.75) is 5.71 Å². The van der Waals surface area contributed by atoms with Gasteiger partial charge in [-0.05, 0) is 0 Å². The van der Waals surface area contributed by atoms with Crippen LogP contribution in [0, 0.1) is 0 Å². The molecule has 0 saturated heterocycles. The van der Waals surface area contributed by atoms with E-state index in [2.05, 4.69) is 0 Å². The van der Waals surface area contributed by atoms with Crippen molar-refractivity contribution in [3.63, 3.8) is 0 Å². The molecule has 0 aliphatic rings. The third kappa shape index (κ3) is 23.7. The number of rotatable bonds is 0. The summed E-state index contributed by atoms with van der Waals surface area (Å²) in [5.41, 5.74) is 1.20. The zero-order chi connectivity index (χ0) is 3.58. The summed E-state index contributed by atoms with van der Waals surface area (Å²) in [5, 5.41) is 0. The zero-order valence-corrected chi connectivity index (χ0v) is 4.14. The van der Waals surface area contributed by atoms with E-state index in [1.54, 1.807) is 0 Å². The number of hydrogen-bond acceptors (Lipinski definition) is 2. The summed E-state index contributed by atoms with van der Waals surface area (Å²) in [5.74, 6) is 0. The van der Waals surface area contributed by atoms with Crippen LogP contribution in [0.5, 0.6) is 0 Å². The Morgan fingerprint density at radius 2 is 1.50 bits per heavy atom. The van der Waals surface area contributed by atoms with Gasteiger partial charge in [0.15, 0.2) is 0 Å². The average molecular weight is 122 g/mol. The molecule has 2 nitrogen and oxygen atoms in total. The van der Waals surface area contributed by atoms with Crippen molar-refractivity contribution in [1.29, 1.82) is 0 Å². The van der Waals surface area contributed by atoms with Gasteiger partial charge in [0.2, 0.25) is 0 Å². The molecule has 0 aromatic heterocycles. The number of hydrogen-bond donors (Lipinski definition) is 0. The van der Waals surface area contributed by atoms with Crippen molar-refractivity contribution in [2.24, 2.45) is 0 Å². The second-order valence-electron chi connectivity index (χ2n) is 0.440. The minimum atomic E-state index is -2.69. The Labute approximate surface area is 30.0 Å². The van der Waals surface area contributed by atoms with Gasteiger partial charge in [-0.1, -0.05) is 0 Å². The molecule has 0 saturated carbocycles. The van der Waals surface area contributed by atoms with Crippen LogP contribution in [0.4, 0.5) is 0 Å². The van der Waals surface area contributed by atoms with Crippen LogP contribution in [0.15, 0.2) is 0 Å². The first-order valence-corrected chi connectivity index (χ1v) is 4.22. The van der Waals surface area contributed by atoms with Crippen LogP contribution < -0.4 is 8.19 Å². The molecule has 0 atom stereocenters. The topological polar surface area (TPSA) is 46.1 Å². The fourth-order valence-corrected chi connectivity index (χ4v) is 0. The van der Waals surface area contributed by atoms with Crippen LogP contribution in [0.3, 0.4) is 0 Å². The van der Waals surface area contributed by atoms with Crippen LogP contribution in [-0.2, 0) is 0 Å². The Morgan fingerprint density at radius 1 is 1.50 bits per heavy atom. The third-order valence-corrected chi connectivity index (χ3v) is 0. The molecule has 0 aliphatic carbocycles. The fraction of sp³-hybridized carbons (Fsp3) is 1.00. The molecule has 0 amide bonds. The molecule has 0 bridgehead atoms. The maximum atomic E-state index is 9.12. The van der Waals surface area contributed by atoms with E-state index < -0.39 is 15.3 Å². The van der Waals surface area contributed by atoms with E-state index in [0.29, 0.717) is 0 Å². The molecule has 0 radical (unpaired) electrons. The Kier molecular flexibility index (Phi) is 1.98. The SMILES string of the molecule is C[As]([O-])[O-]. The van der Waals surface area contributed by atoms with Crippen molar-refractivity contribution in [3.8, 4) is 0 Å². The van der Waals surface area contributed by atoms with Crippen molar-refractivity contribution in [2.75, 3.05) is 0 Å². The zero-order valence-electron chi connectivity index (χ0n) is 2.26. The molecule has 0 spiro atoms. The molecule has 0 heterocycles. The molecule has 0 fully saturated rings. The second kappa shape index (κ2) is 1.77. The molecule has 0 N–H and O–H groups in total. The fourth-order valence-electron chi connectivity index (χ4n) is 0. The summed E-state index contributed by atoms with van der Waals surface area (Å²) in [6.45, 7) is 0. The minimum absolute atomic E-state index is 1.20. The van der Waals surface area contributed by atoms with Gasteiger partial charge in [0.1, 0.15) is 0 Å². The van der Waals surface area contributed by atoms with Crippen molar-refractivity contribution >= 4 is 15.3 Å². The van der Waals surface area contributed by atoms with E-state index in [9.17, 15) is 0 Å². The molecular weight excluding hydrogens is 119 g/mol. The summed E-state index contributed by atoms with van der Waals surface area (Å²) in [4.78, 5) is 0. The van der Waals surface area contributed by atoms with E-state index in [-0.39, 0.29) is 0 Å². The Morgan fingerprint density at radius 3 is 1.50 bits per heavy atom. The van der Waals surface area contributed by atoms with Gasteiger partial charge in [0.25, 0.3) is 0 Å². The first-order valence-electron chi connectivity index (χ1n) is 0.812. The molecule has 0 aliphatic heterocycles. The summed E-state index contributed by atoms with van der Waals surface area (Å²) >= 11 is -2.69. The predicted octanol–water partition coefficient (Wildman–Crippen LogP) is -2.17. The molecule has 0 aromatic carbocycles. The molecular formula is CH3AsO2-2. The van der Waals surface area contributed by atoms with E-state index in [1.165, 1.54) is 5.71 Å². The maximum absolute atomic E-state index is 9.12. The van der Waals surface area contributed by atoms with Gasteiger partial charge in [-0.2, -0.15) is 0 Å². The molecule has 3 heteroatoms. The quantitative estimate of drug-likeness (QED) is 0.343. The molecule has 0 rings (SSSR count). The monoisotopic (exact) mass is 122 g/mol. The van der Waals surface area contributed by atoms with Crippen LogP contribution in [0.1, 0.15) is 0 Å². The van der Waals surface area contributed by atoms with E-state index >= 15 is 0 Å². The predicted molar refractivity (Wildman–Crippen MR) is 11.6 cm³/mol. The van der Waals surface area contributed by atoms with Gasteiger partial charge in [-0.15, -0.1) is 0 Å². The van der Waals surface area contributed by atoms with Crippen LogP contribution in [-0.4, -0.2) is 15.3 Å². The van der Waals surface area contributed by atoms with Crippen molar-refractivity contribution in [3.05, 3.63) is 0 Å². The Hall–Kier alpha value is 0.478. The van der Waals surface area contributed by atoms with Crippen molar-refractivity contribution < 1.29 is 8.19 Å². The second-order valence-corrected chi connectivity index (χ2v) is 2.28. The Bertz CT molecular complexity index is 10.8. The van der Waals surface area contributed by atoms with Gasteiger partial charge >= 0.3 is 29.2 Å². The normalized spacial score (nSPS) is 9.00. The van der Waals surface area contributed by atoms with E-state index in [1.807, 2.05) is 0 Å². The van der Waals surface area contributed by atoms with Gasteiger partial charge in [-0.3, -0.25) is 0 Å². The van der Waals surface area contributed by atoms with Gasteiger partial charge in [0.05, 0.1) is 0 Å². The van der Waals surface area contributed by atoms with Gasteiger partial charge < -0.3 is 0 Å².